The number of thiophene rings is 1. The van der Waals surface area contributed by atoms with E-state index in [9.17, 15) is 9.18 Å². The number of rotatable bonds is 6. The van der Waals surface area contributed by atoms with E-state index >= 15 is 0 Å². The molecule has 2 aromatic carbocycles. The van der Waals surface area contributed by atoms with Gasteiger partial charge in [-0.15, -0.1) is 11.3 Å². The van der Waals surface area contributed by atoms with Crippen LogP contribution >= 0.6 is 27.3 Å². The molecule has 156 valence electrons. The Hall–Kier alpha value is -2.22. The molecule has 0 aliphatic carbocycles. The van der Waals surface area contributed by atoms with Crippen molar-refractivity contribution in [3.63, 3.8) is 0 Å². The van der Waals surface area contributed by atoms with Gasteiger partial charge in [-0.2, -0.15) is 0 Å². The van der Waals surface area contributed by atoms with E-state index in [1.807, 2.05) is 28.5 Å². The van der Waals surface area contributed by atoms with E-state index in [1.54, 1.807) is 12.1 Å². The number of hydrogen-bond acceptors (Lipinski definition) is 4. The summed E-state index contributed by atoms with van der Waals surface area (Å²) in [5.41, 5.74) is 2.19. The molecule has 7 heteroatoms. The quantitative estimate of drug-likeness (QED) is 0.478. The highest BCUT2D eigenvalue weighted by molar-refractivity contribution is 9.10. The number of carbonyl (C=O) groups is 1. The Morgan fingerprint density at radius 3 is 2.60 bits per heavy atom. The van der Waals surface area contributed by atoms with Gasteiger partial charge in [-0.05, 0) is 41.3 Å². The molecule has 1 aromatic heterocycles. The first-order chi connectivity index (χ1) is 14.6. The van der Waals surface area contributed by atoms with Crippen molar-refractivity contribution in [1.29, 1.82) is 0 Å². The second-order valence-electron chi connectivity index (χ2n) is 7.26. The third-order valence-electron chi connectivity index (χ3n) is 5.02. The monoisotopic (exact) mass is 488 g/mol. The summed E-state index contributed by atoms with van der Waals surface area (Å²) in [5, 5.41) is 1.93. The van der Waals surface area contributed by atoms with Crippen LogP contribution in [0.15, 0.2) is 64.5 Å². The second-order valence-corrected chi connectivity index (χ2v) is 9.09. The summed E-state index contributed by atoms with van der Waals surface area (Å²) >= 11 is 4.95. The molecule has 4 nitrogen and oxygen atoms in total. The van der Waals surface area contributed by atoms with Crippen molar-refractivity contribution in [2.75, 3.05) is 26.2 Å². The molecule has 2 heterocycles. The summed E-state index contributed by atoms with van der Waals surface area (Å²) in [6.45, 7) is 4.37. The minimum atomic E-state index is -0.326. The van der Waals surface area contributed by atoms with Gasteiger partial charge in [-0.1, -0.05) is 34.1 Å². The van der Waals surface area contributed by atoms with Crippen LogP contribution in [-0.4, -0.2) is 41.9 Å². The van der Waals surface area contributed by atoms with Crippen molar-refractivity contribution in [1.82, 2.24) is 9.80 Å². The summed E-state index contributed by atoms with van der Waals surface area (Å²) < 4.78 is 20.0. The van der Waals surface area contributed by atoms with Gasteiger partial charge in [-0.25, -0.2) is 4.39 Å². The molecule has 1 saturated heterocycles. The van der Waals surface area contributed by atoms with Crippen LogP contribution < -0.4 is 4.74 Å². The SMILES string of the molecule is O=C(c1cc(COc2cccc(F)c2)cs1)N1CCN(Cc2cccc(Br)c2)CC1. The summed E-state index contributed by atoms with van der Waals surface area (Å²) in [4.78, 5) is 17.9. The molecule has 0 bridgehead atoms. The fraction of sp³-hybridized carbons (Fsp3) is 0.261. The van der Waals surface area contributed by atoms with Crippen molar-refractivity contribution in [2.24, 2.45) is 0 Å². The van der Waals surface area contributed by atoms with Crippen LogP contribution in [-0.2, 0) is 13.2 Å². The van der Waals surface area contributed by atoms with E-state index in [4.69, 9.17) is 4.74 Å². The lowest BCUT2D eigenvalue weighted by atomic mass is 10.2. The zero-order valence-corrected chi connectivity index (χ0v) is 18.8. The molecule has 4 rings (SSSR count). The van der Waals surface area contributed by atoms with Crippen molar-refractivity contribution < 1.29 is 13.9 Å². The molecule has 1 aliphatic rings. The first-order valence-electron chi connectivity index (χ1n) is 9.79. The van der Waals surface area contributed by atoms with Gasteiger partial charge in [0.2, 0.25) is 0 Å². The van der Waals surface area contributed by atoms with Gasteiger partial charge < -0.3 is 9.64 Å². The molecule has 0 spiro atoms. The average molecular weight is 489 g/mol. The normalized spacial score (nSPS) is 14.7. The molecule has 3 aromatic rings. The van der Waals surface area contributed by atoms with Gasteiger partial charge in [-0.3, -0.25) is 9.69 Å². The lowest BCUT2D eigenvalue weighted by Crippen LogP contribution is -2.48. The minimum absolute atomic E-state index is 0.0686. The molecular formula is C23H22BrFN2O2S. The smallest absolute Gasteiger partial charge is 0.264 e. The van der Waals surface area contributed by atoms with E-state index in [0.29, 0.717) is 17.2 Å². The van der Waals surface area contributed by atoms with Gasteiger partial charge in [0.25, 0.3) is 5.91 Å². The molecule has 0 unspecified atom stereocenters. The molecule has 1 aliphatic heterocycles. The van der Waals surface area contributed by atoms with Crippen molar-refractivity contribution >= 4 is 33.2 Å². The Balaban J connectivity index is 1.28. The number of amides is 1. The Morgan fingerprint density at radius 1 is 1.03 bits per heavy atom. The van der Waals surface area contributed by atoms with Gasteiger partial charge in [0.05, 0.1) is 4.88 Å². The van der Waals surface area contributed by atoms with Gasteiger partial charge in [0.1, 0.15) is 18.2 Å². The van der Waals surface area contributed by atoms with Crippen LogP contribution in [0.4, 0.5) is 4.39 Å². The Bertz CT molecular complexity index is 1020. The van der Waals surface area contributed by atoms with Crippen LogP contribution in [0.25, 0.3) is 0 Å². The van der Waals surface area contributed by atoms with E-state index < -0.39 is 0 Å². The van der Waals surface area contributed by atoms with Crippen LogP contribution in [0.1, 0.15) is 20.8 Å². The molecular weight excluding hydrogens is 467 g/mol. The number of nitrogens with zero attached hydrogens (tertiary/aromatic N) is 2. The Kier molecular flexibility index (Phi) is 6.82. The lowest BCUT2D eigenvalue weighted by Gasteiger charge is -2.34. The number of hydrogen-bond donors (Lipinski definition) is 0. The number of halogens is 2. The van der Waals surface area contributed by atoms with E-state index in [-0.39, 0.29) is 11.7 Å². The molecule has 30 heavy (non-hydrogen) atoms. The van der Waals surface area contributed by atoms with E-state index in [1.165, 1.54) is 29.0 Å². The molecule has 1 amide bonds. The largest absolute Gasteiger partial charge is 0.489 e. The van der Waals surface area contributed by atoms with E-state index in [0.717, 1.165) is 42.8 Å². The summed E-state index contributed by atoms with van der Waals surface area (Å²) in [6, 6.07) is 16.3. The summed E-state index contributed by atoms with van der Waals surface area (Å²) in [6.07, 6.45) is 0. The Labute approximate surface area is 188 Å². The number of piperazine rings is 1. The minimum Gasteiger partial charge on any atom is -0.489 e. The third-order valence-corrected chi connectivity index (χ3v) is 6.48. The van der Waals surface area contributed by atoms with Gasteiger partial charge >= 0.3 is 0 Å². The highest BCUT2D eigenvalue weighted by Crippen LogP contribution is 2.21. The second kappa shape index (κ2) is 9.73. The maximum Gasteiger partial charge on any atom is 0.264 e. The number of carbonyl (C=O) groups excluding carboxylic acids is 1. The predicted octanol–water partition coefficient (Wildman–Crippen LogP) is 5.19. The average Bonchev–Trinajstić information content (AvgIpc) is 3.22. The fourth-order valence-corrected chi connectivity index (χ4v) is 4.76. The van der Waals surface area contributed by atoms with Crippen LogP contribution in [0.3, 0.4) is 0 Å². The highest BCUT2D eigenvalue weighted by atomic mass is 79.9. The fourth-order valence-electron chi connectivity index (χ4n) is 3.45. The van der Waals surface area contributed by atoms with Crippen molar-refractivity contribution in [3.05, 3.63) is 86.3 Å². The van der Waals surface area contributed by atoms with Crippen LogP contribution in [0, 0.1) is 5.82 Å². The van der Waals surface area contributed by atoms with Crippen molar-refractivity contribution in [3.8, 4) is 5.75 Å². The summed E-state index contributed by atoms with van der Waals surface area (Å²) in [7, 11) is 0. The number of ether oxygens (including phenoxy) is 1. The maximum absolute atomic E-state index is 13.2. The topological polar surface area (TPSA) is 32.8 Å². The number of benzene rings is 2. The maximum atomic E-state index is 13.2. The van der Waals surface area contributed by atoms with Crippen molar-refractivity contribution in [2.45, 2.75) is 13.2 Å². The predicted molar refractivity (Wildman–Crippen MR) is 120 cm³/mol. The summed E-state index contributed by atoms with van der Waals surface area (Å²) in [5.74, 6) is 0.225. The van der Waals surface area contributed by atoms with E-state index in [2.05, 4.69) is 33.0 Å². The first-order valence-corrected chi connectivity index (χ1v) is 11.5. The van der Waals surface area contributed by atoms with Crippen LogP contribution in [0.2, 0.25) is 0 Å². The Morgan fingerprint density at radius 2 is 1.83 bits per heavy atom. The molecule has 0 N–H and O–H groups in total. The van der Waals surface area contributed by atoms with Crippen LogP contribution in [0.5, 0.6) is 5.75 Å². The zero-order chi connectivity index (χ0) is 20.9. The first kappa shape index (κ1) is 21.0. The third kappa shape index (κ3) is 5.47. The highest BCUT2D eigenvalue weighted by Gasteiger charge is 2.23. The molecule has 0 saturated carbocycles. The molecule has 0 atom stereocenters. The van der Waals surface area contributed by atoms with Gasteiger partial charge in [0.15, 0.2) is 0 Å². The van der Waals surface area contributed by atoms with Gasteiger partial charge in [0, 0.05) is 48.8 Å². The lowest BCUT2D eigenvalue weighted by molar-refractivity contribution is 0.0633. The standard InChI is InChI=1S/C23H22BrFN2O2S/c24-19-4-1-3-17(11-19)14-26-7-9-27(10-8-26)23(28)22-12-18(16-30-22)15-29-21-6-2-5-20(25)13-21/h1-6,11-13,16H,7-10,14-15H2. The molecule has 0 radical (unpaired) electrons. The zero-order valence-electron chi connectivity index (χ0n) is 16.4. The molecule has 1 fully saturated rings.